The number of anilines is 1. The van der Waals surface area contributed by atoms with E-state index in [1.165, 1.54) is 11.1 Å². The molecule has 0 bridgehead atoms. The van der Waals surface area contributed by atoms with Crippen LogP contribution in [0.2, 0.25) is 0 Å². The minimum absolute atomic E-state index is 0.0504. The molecule has 1 aliphatic heterocycles. The third-order valence-corrected chi connectivity index (χ3v) is 5.45. The molecule has 1 aromatic carbocycles. The molecule has 174 valence electrons. The molecular formula is C22H30F3N7. The number of piperidine rings is 1. The summed E-state index contributed by atoms with van der Waals surface area (Å²) in [4.78, 5) is 14.0. The molecule has 0 aliphatic carbocycles. The van der Waals surface area contributed by atoms with Crippen LogP contribution in [0.3, 0.4) is 0 Å². The number of guanidine groups is 1. The van der Waals surface area contributed by atoms with Gasteiger partial charge in [-0.1, -0.05) is 24.3 Å². The Balaban J connectivity index is 1.37. The average molecular weight is 450 g/mol. The molecule has 1 saturated heterocycles. The summed E-state index contributed by atoms with van der Waals surface area (Å²) >= 11 is 0. The molecule has 2 heterocycles. The van der Waals surface area contributed by atoms with Crippen molar-refractivity contribution in [3.05, 3.63) is 53.3 Å². The van der Waals surface area contributed by atoms with Crippen LogP contribution in [0.5, 0.6) is 0 Å². The zero-order valence-corrected chi connectivity index (χ0v) is 18.4. The Morgan fingerprint density at radius 3 is 2.59 bits per heavy atom. The van der Waals surface area contributed by atoms with Crippen LogP contribution in [0.4, 0.5) is 19.1 Å². The third kappa shape index (κ3) is 7.08. The number of aliphatic imine (C=N–C) groups is 1. The summed E-state index contributed by atoms with van der Waals surface area (Å²) in [6.07, 6.45) is -1.36. The molecule has 1 fully saturated rings. The van der Waals surface area contributed by atoms with Crippen LogP contribution < -0.4 is 16.0 Å². The normalized spacial score (nSPS) is 16.1. The first-order valence-electron chi connectivity index (χ1n) is 10.7. The van der Waals surface area contributed by atoms with E-state index in [1.807, 2.05) is 0 Å². The highest BCUT2D eigenvalue weighted by atomic mass is 19.4. The Morgan fingerprint density at radius 2 is 1.91 bits per heavy atom. The summed E-state index contributed by atoms with van der Waals surface area (Å²) < 4.78 is 38.2. The molecule has 0 radical (unpaired) electrons. The maximum absolute atomic E-state index is 12.7. The Labute approximate surface area is 186 Å². The third-order valence-electron chi connectivity index (χ3n) is 5.45. The van der Waals surface area contributed by atoms with Crippen LogP contribution in [0.25, 0.3) is 0 Å². The maximum atomic E-state index is 12.7. The van der Waals surface area contributed by atoms with E-state index in [9.17, 15) is 13.2 Å². The predicted octanol–water partition coefficient (Wildman–Crippen LogP) is 3.05. The summed E-state index contributed by atoms with van der Waals surface area (Å²) in [6.45, 7) is 5.96. The van der Waals surface area contributed by atoms with Gasteiger partial charge in [-0.25, -0.2) is 9.97 Å². The first-order valence-corrected chi connectivity index (χ1v) is 10.7. The highest BCUT2D eigenvalue weighted by molar-refractivity contribution is 5.80. The van der Waals surface area contributed by atoms with Gasteiger partial charge in [0.15, 0.2) is 5.96 Å². The van der Waals surface area contributed by atoms with E-state index < -0.39 is 11.9 Å². The van der Waals surface area contributed by atoms with Crippen LogP contribution >= 0.6 is 0 Å². The molecule has 0 unspecified atom stereocenters. The van der Waals surface area contributed by atoms with E-state index in [0.29, 0.717) is 25.1 Å². The molecule has 1 aromatic heterocycles. The lowest BCUT2D eigenvalue weighted by Crippen LogP contribution is -2.49. The first kappa shape index (κ1) is 23.8. The van der Waals surface area contributed by atoms with Gasteiger partial charge in [-0.3, -0.25) is 9.89 Å². The van der Waals surface area contributed by atoms with E-state index in [0.717, 1.165) is 44.7 Å². The number of nitrogens with zero attached hydrogens (tertiary/aromatic N) is 4. The van der Waals surface area contributed by atoms with Gasteiger partial charge < -0.3 is 16.0 Å². The molecule has 0 amide bonds. The number of alkyl halides is 3. The molecule has 10 heteroatoms. The van der Waals surface area contributed by atoms with Crippen molar-refractivity contribution in [1.82, 2.24) is 25.5 Å². The number of rotatable bonds is 7. The summed E-state index contributed by atoms with van der Waals surface area (Å²) in [5.74, 6) is 0.625. The second-order valence-corrected chi connectivity index (χ2v) is 7.81. The Bertz CT molecular complexity index is 893. The van der Waals surface area contributed by atoms with Gasteiger partial charge >= 0.3 is 6.18 Å². The van der Waals surface area contributed by atoms with Gasteiger partial charge in [-0.2, -0.15) is 13.2 Å². The number of nitrogens with one attached hydrogen (secondary N) is 3. The molecule has 0 atom stereocenters. The van der Waals surface area contributed by atoms with Crippen molar-refractivity contribution < 1.29 is 13.2 Å². The minimum Gasteiger partial charge on any atom is -0.355 e. The second-order valence-electron chi connectivity index (χ2n) is 7.81. The van der Waals surface area contributed by atoms with Crippen molar-refractivity contribution in [2.45, 2.75) is 38.5 Å². The van der Waals surface area contributed by atoms with Crippen LogP contribution in [-0.4, -0.2) is 60.1 Å². The fourth-order valence-corrected chi connectivity index (χ4v) is 3.61. The van der Waals surface area contributed by atoms with Crippen LogP contribution in [0.1, 0.15) is 29.7 Å². The number of hydrogen-bond donors (Lipinski definition) is 3. The first-order chi connectivity index (χ1) is 15.3. The zero-order chi connectivity index (χ0) is 23.0. The molecule has 2 aromatic rings. The molecule has 0 saturated carbocycles. The van der Waals surface area contributed by atoms with Crippen molar-refractivity contribution in [2.75, 3.05) is 38.5 Å². The van der Waals surface area contributed by atoms with Crippen molar-refractivity contribution in [3.63, 3.8) is 0 Å². The average Bonchev–Trinajstić information content (AvgIpc) is 2.78. The smallest absolute Gasteiger partial charge is 0.355 e. The summed E-state index contributed by atoms with van der Waals surface area (Å²) in [6, 6.07) is 9.66. The summed E-state index contributed by atoms with van der Waals surface area (Å²) in [5, 5.41) is 9.41. The van der Waals surface area contributed by atoms with Crippen molar-refractivity contribution >= 4 is 11.9 Å². The maximum Gasteiger partial charge on any atom is 0.433 e. The lowest BCUT2D eigenvalue weighted by Gasteiger charge is -2.33. The number of aryl methyl sites for hydroxylation is 1. The lowest BCUT2D eigenvalue weighted by atomic mass is 10.0. The topological polar surface area (TPSA) is 77.5 Å². The molecule has 7 nitrogen and oxygen atoms in total. The SMILES string of the molecule is CN=C(NCCNc1nccc(C(F)(F)F)n1)NC1CCN(Cc2ccccc2C)CC1. The van der Waals surface area contributed by atoms with Crippen molar-refractivity contribution in [1.29, 1.82) is 0 Å². The van der Waals surface area contributed by atoms with Gasteiger partial charge in [0.25, 0.3) is 0 Å². The van der Waals surface area contributed by atoms with Gasteiger partial charge in [0.1, 0.15) is 5.69 Å². The zero-order valence-electron chi connectivity index (χ0n) is 18.4. The number of hydrogen-bond acceptors (Lipinski definition) is 5. The Hall–Kier alpha value is -2.88. The van der Waals surface area contributed by atoms with Crippen LogP contribution in [0, 0.1) is 6.92 Å². The van der Waals surface area contributed by atoms with E-state index in [4.69, 9.17) is 0 Å². The Morgan fingerprint density at radius 1 is 1.16 bits per heavy atom. The molecule has 3 rings (SSSR count). The molecule has 1 aliphatic rings. The Kier molecular flexibility index (Phi) is 8.26. The van der Waals surface area contributed by atoms with Gasteiger partial charge in [0.05, 0.1) is 0 Å². The van der Waals surface area contributed by atoms with E-state index in [-0.39, 0.29) is 5.95 Å². The molecule has 32 heavy (non-hydrogen) atoms. The fourth-order valence-electron chi connectivity index (χ4n) is 3.61. The van der Waals surface area contributed by atoms with Gasteiger partial charge in [0, 0.05) is 52.0 Å². The molecule has 3 N–H and O–H groups in total. The fraction of sp³-hybridized carbons (Fsp3) is 0.500. The largest absolute Gasteiger partial charge is 0.433 e. The van der Waals surface area contributed by atoms with Gasteiger partial charge in [-0.05, 0) is 37.0 Å². The second kappa shape index (κ2) is 11.1. The number of aromatic nitrogens is 2. The van der Waals surface area contributed by atoms with Gasteiger partial charge in [0.2, 0.25) is 5.95 Å². The van der Waals surface area contributed by atoms with E-state index >= 15 is 0 Å². The highest BCUT2D eigenvalue weighted by Gasteiger charge is 2.32. The number of halogens is 3. The van der Waals surface area contributed by atoms with Crippen molar-refractivity contribution in [3.8, 4) is 0 Å². The number of benzene rings is 1. The standard InChI is InChI=1S/C22H30F3N7/c1-16-5-3-4-6-17(16)15-32-13-8-18(9-14-32)30-20(26-2)28-11-12-29-21-27-10-7-19(31-21)22(23,24)25/h3-7,10,18H,8-9,11-15H2,1-2H3,(H2,26,28,30)(H,27,29,31). The summed E-state index contributed by atoms with van der Waals surface area (Å²) in [7, 11) is 1.70. The number of likely N-dealkylation sites (tertiary alicyclic amines) is 1. The minimum atomic E-state index is -4.49. The lowest BCUT2D eigenvalue weighted by molar-refractivity contribution is -0.141. The monoisotopic (exact) mass is 449 g/mol. The van der Waals surface area contributed by atoms with Crippen LogP contribution in [0.15, 0.2) is 41.5 Å². The summed E-state index contributed by atoms with van der Waals surface area (Å²) in [5.41, 5.74) is 1.73. The van der Waals surface area contributed by atoms with E-state index in [2.05, 4.69) is 67.0 Å². The van der Waals surface area contributed by atoms with E-state index in [1.54, 1.807) is 7.05 Å². The van der Waals surface area contributed by atoms with Crippen molar-refractivity contribution in [2.24, 2.45) is 4.99 Å². The quantitative estimate of drug-likeness (QED) is 0.343. The molecular weight excluding hydrogens is 419 g/mol. The molecule has 0 spiro atoms. The predicted molar refractivity (Wildman–Crippen MR) is 119 cm³/mol. The van der Waals surface area contributed by atoms with Crippen LogP contribution in [-0.2, 0) is 12.7 Å². The van der Waals surface area contributed by atoms with Gasteiger partial charge in [-0.15, -0.1) is 0 Å². The highest BCUT2D eigenvalue weighted by Crippen LogP contribution is 2.27.